The van der Waals surface area contributed by atoms with E-state index >= 15 is 0 Å². The third-order valence-electron chi connectivity index (χ3n) is 10.7. The molecule has 2 heterocycles. The molecule has 3 aliphatic rings. The van der Waals surface area contributed by atoms with Gasteiger partial charge < -0.3 is 28.9 Å². The lowest BCUT2D eigenvalue weighted by atomic mass is 9.92. The van der Waals surface area contributed by atoms with E-state index in [1.807, 2.05) is 24.0 Å². The maximum absolute atomic E-state index is 13.8. The van der Waals surface area contributed by atoms with E-state index in [1.165, 1.54) is 13.5 Å². The molecule has 0 saturated heterocycles. The van der Waals surface area contributed by atoms with Crippen LogP contribution in [0.2, 0.25) is 0 Å². The summed E-state index contributed by atoms with van der Waals surface area (Å²) in [5, 5.41) is 17.5. The minimum absolute atomic E-state index is 0.0360. The number of amides is 3. The molecule has 12 heteroatoms. The van der Waals surface area contributed by atoms with E-state index in [4.69, 9.17) is 24.7 Å². The van der Waals surface area contributed by atoms with Crippen molar-refractivity contribution in [2.75, 3.05) is 30.0 Å². The van der Waals surface area contributed by atoms with Crippen LogP contribution in [-0.2, 0) is 14.3 Å². The number of unbranched alkanes of at least 4 members (excludes halogenated alkanes) is 4. The van der Waals surface area contributed by atoms with Crippen molar-refractivity contribution in [1.29, 1.82) is 10.5 Å². The van der Waals surface area contributed by atoms with E-state index in [9.17, 15) is 19.2 Å². The number of rotatable bonds is 12. The van der Waals surface area contributed by atoms with E-state index in [0.717, 1.165) is 49.7 Å². The second kappa shape index (κ2) is 18.7. The van der Waals surface area contributed by atoms with Crippen LogP contribution in [0.4, 0.5) is 11.4 Å². The summed E-state index contributed by atoms with van der Waals surface area (Å²) >= 11 is 0. The van der Waals surface area contributed by atoms with Gasteiger partial charge in [0.05, 0.1) is 36.2 Å². The zero-order valence-electron chi connectivity index (χ0n) is 34.8. The third-order valence-corrected chi connectivity index (χ3v) is 10.7. The van der Waals surface area contributed by atoms with Gasteiger partial charge in [-0.2, -0.15) is 10.5 Å². The van der Waals surface area contributed by atoms with Gasteiger partial charge in [0, 0.05) is 43.6 Å². The SMILES string of the molecule is COC(=O)c1cc2c(cc1C)OC(C)(C)C(=O)N2CCCCC#N.Cc1cc2c(cc1C(=O)N(C(C)C)C1CCCCC1)N(CCCCC#N)C(=O)C(C)(C)O2. The van der Waals surface area contributed by atoms with Crippen LogP contribution < -0.4 is 19.3 Å². The Morgan fingerprint density at radius 3 is 1.66 bits per heavy atom. The van der Waals surface area contributed by atoms with Crippen LogP contribution in [0, 0.1) is 36.5 Å². The number of nitriles is 2. The average molecular weight is 770 g/mol. The quantitative estimate of drug-likeness (QED) is 0.153. The first-order valence-corrected chi connectivity index (χ1v) is 19.9. The van der Waals surface area contributed by atoms with Crippen molar-refractivity contribution in [2.45, 2.75) is 149 Å². The van der Waals surface area contributed by atoms with E-state index in [0.29, 0.717) is 72.8 Å². The molecule has 12 nitrogen and oxygen atoms in total. The van der Waals surface area contributed by atoms with Crippen LogP contribution in [0.3, 0.4) is 0 Å². The molecule has 2 aliphatic heterocycles. The number of aryl methyl sites for hydroxylation is 2. The van der Waals surface area contributed by atoms with Crippen LogP contribution in [0.1, 0.15) is 144 Å². The molecule has 1 aliphatic carbocycles. The van der Waals surface area contributed by atoms with Gasteiger partial charge in [-0.3, -0.25) is 14.4 Å². The molecule has 0 radical (unpaired) electrons. The fourth-order valence-corrected chi connectivity index (χ4v) is 7.70. The molecule has 0 unspecified atom stereocenters. The Labute approximate surface area is 332 Å². The molecule has 2 aromatic rings. The van der Waals surface area contributed by atoms with Gasteiger partial charge in [0.15, 0.2) is 11.2 Å². The minimum atomic E-state index is -0.971. The van der Waals surface area contributed by atoms with Crippen LogP contribution in [0.25, 0.3) is 0 Å². The summed E-state index contributed by atoms with van der Waals surface area (Å²) in [7, 11) is 1.33. The molecule has 0 bridgehead atoms. The number of nitrogens with zero attached hydrogens (tertiary/aromatic N) is 5. The van der Waals surface area contributed by atoms with E-state index in [1.54, 1.807) is 56.6 Å². The number of hydrogen-bond acceptors (Lipinski definition) is 9. The number of benzene rings is 2. The Kier molecular flexibility index (Phi) is 14.6. The summed E-state index contributed by atoms with van der Waals surface area (Å²) in [5.74, 6) is 0.525. The van der Waals surface area contributed by atoms with Gasteiger partial charge in [-0.25, -0.2) is 4.79 Å². The fraction of sp³-hybridized carbons (Fsp3) is 0.591. The largest absolute Gasteiger partial charge is 0.476 e. The summed E-state index contributed by atoms with van der Waals surface area (Å²) in [4.78, 5) is 57.0. The van der Waals surface area contributed by atoms with Gasteiger partial charge in [-0.1, -0.05) is 19.3 Å². The highest BCUT2D eigenvalue weighted by Gasteiger charge is 2.43. The molecule has 1 saturated carbocycles. The predicted octanol–water partition coefficient (Wildman–Crippen LogP) is 8.36. The zero-order valence-corrected chi connectivity index (χ0v) is 34.8. The Hall–Kier alpha value is -5.10. The Morgan fingerprint density at radius 1 is 0.786 bits per heavy atom. The monoisotopic (exact) mass is 769 g/mol. The zero-order chi connectivity index (χ0) is 41.4. The fourth-order valence-electron chi connectivity index (χ4n) is 7.70. The van der Waals surface area contributed by atoms with E-state index < -0.39 is 17.2 Å². The van der Waals surface area contributed by atoms with Crippen molar-refractivity contribution >= 4 is 35.1 Å². The van der Waals surface area contributed by atoms with Crippen LogP contribution in [-0.4, -0.2) is 72.1 Å². The predicted molar refractivity (Wildman–Crippen MR) is 215 cm³/mol. The Bertz CT molecular complexity index is 1870. The van der Waals surface area contributed by atoms with Crippen molar-refractivity contribution in [3.05, 3.63) is 46.5 Å². The van der Waals surface area contributed by atoms with Crippen molar-refractivity contribution in [3.8, 4) is 23.6 Å². The Morgan fingerprint density at radius 2 is 1.23 bits per heavy atom. The summed E-state index contributed by atoms with van der Waals surface area (Å²) in [5.41, 5.74) is 1.94. The third kappa shape index (κ3) is 9.82. The van der Waals surface area contributed by atoms with Crippen molar-refractivity contribution in [1.82, 2.24) is 4.90 Å². The number of esters is 1. The number of carbonyl (C=O) groups is 4. The topological polar surface area (TPSA) is 153 Å². The number of methoxy groups -OCH3 is 1. The molecule has 1 fully saturated rings. The lowest BCUT2D eigenvalue weighted by Crippen LogP contribution is -2.53. The van der Waals surface area contributed by atoms with Crippen LogP contribution in [0.15, 0.2) is 24.3 Å². The molecular weight excluding hydrogens is 711 g/mol. The average Bonchev–Trinajstić information content (AvgIpc) is 3.14. The van der Waals surface area contributed by atoms with Gasteiger partial charge in [0.2, 0.25) is 0 Å². The van der Waals surface area contributed by atoms with Gasteiger partial charge in [-0.15, -0.1) is 0 Å². The molecule has 0 aromatic heterocycles. The smallest absolute Gasteiger partial charge is 0.338 e. The highest BCUT2D eigenvalue weighted by Crippen LogP contribution is 2.42. The number of carbonyl (C=O) groups excluding carboxylic acids is 4. The molecule has 56 heavy (non-hydrogen) atoms. The molecule has 3 amide bonds. The number of ether oxygens (including phenoxy) is 3. The van der Waals surface area contributed by atoms with E-state index in [-0.39, 0.29) is 29.8 Å². The van der Waals surface area contributed by atoms with Gasteiger partial charge in [-0.05, 0) is 129 Å². The number of anilines is 2. The standard InChI is InChI=1S/C26H37N3O3.C18H22N2O4/c1-18(2)29(20-12-8-6-9-13-20)24(30)21-17-22-23(16-19(21)3)32-26(4,5)25(31)28(22)15-11-7-10-14-27;1-12-10-15-14(11-13(12)16(21)23-4)20(9-7-5-6-8-19)17(22)18(2,3)24-15/h16-18,20H,6-13,15H2,1-5H3;10-11H,5-7,9H2,1-4H3. The maximum atomic E-state index is 13.8. The molecular formula is C44H59N5O7. The second-order valence-electron chi connectivity index (χ2n) is 16.2. The molecule has 0 spiro atoms. The summed E-state index contributed by atoms with van der Waals surface area (Å²) in [6.45, 7) is 15.9. The normalized spacial score (nSPS) is 16.9. The van der Waals surface area contributed by atoms with Gasteiger partial charge in [0.1, 0.15) is 11.5 Å². The summed E-state index contributed by atoms with van der Waals surface area (Å²) in [6, 6.07) is 11.8. The van der Waals surface area contributed by atoms with Crippen molar-refractivity contribution in [2.24, 2.45) is 0 Å². The molecule has 0 atom stereocenters. The Balaban J connectivity index is 0.000000259. The first-order valence-electron chi connectivity index (χ1n) is 19.9. The lowest BCUT2D eigenvalue weighted by molar-refractivity contribution is -0.133. The lowest BCUT2D eigenvalue weighted by Gasteiger charge is -2.40. The number of fused-ring (bicyclic) bond motifs is 2. The first-order chi connectivity index (χ1) is 26.5. The minimum Gasteiger partial charge on any atom is -0.476 e. The van der Waals surface area contributed by atoms with Crippen LogP contribution >= 0.6 is 0 Å². The van der Waals surface area contributed by atoms with E-state index in [2.05, 4.69) is 26.0 Å². The van der Waals surface area contributed by atoms with Crippen LogP contribution in [0.5, 0.6) is 11.5 Å². The maximum Gasteiger partial charge on any atom is 0.338 e. The van der Waals surface area contributed by atoms with Crippen molar-refractivity contribution < 1.29 is 33.4 Å². The highest BCUT2D eigenvalue weighted by molar-refractivity contribution is 6.05. The summed E-state index contributed by atoms with van der Waals surface area (Å²) < 4.78 is 16.7. The molecule has 302 valence electrons. The molecule has 2 aromatic carbocycles. The van der Waals surface area contributed by atoms with Crippen molar-refractivity contribution in [3.63, 3.8) is 0 Å². The number of hydrogen-bond donors (Lipinski definition) is 0. The highest BCUT2D eigenvalue weighted by atomic mass is 16.5. The summed E-state index contributed by atoms with van der Waals surface area (Å²) in [6.07, 6.45) is 9.48. The first kappa shape index (κ1) is 43.6. The second-order valence-corrected chi connectivity index (χ2v) is 16.2. The van der Waals surface area contributed by atoms with Gasteiger partial charge >= 0.3 is 5.97 Å². The molecule has 0 N–H and O–H groups in total. The molecule has 5 rings (SSSR count). The van der Waals surface area contributed by atoms with Gasteiger partial charge in [0.25, 0.3) is 17.7 Å².